The maximum absolute atomic E-state index is 12.8. The van der Waals surface area contributed by atoms with Crippen LogP contribution in [0.4, 0.5) is 13.2 Å². The average molecular weight is 446 g/mol. The van der Waals surface area contributed by atoms with E-state index in [1.165, 1.54) is 28.2 Å². The third-order valence-electron chi connectivity index (χ3n) is 4.56. The molecule has 0 bridgehead atoms. The Balaban J connectivity index is 1.54. The largest absolute Gasteiger partial charge is 0.389 e. The second-order valence-electron chi connectivity index (χ2n) is 6.71. The number of benzene rings is 1. The van der Waals surface area contributed by atoms with Gasteiger partial charge in [0.1, 0.15) is 4.90 Å². The zero-order valence-electron chi connectivity index (χ0n) is 15.7. The van der Waals surface area contributed by atoms with Crippen molar-refractivity contribution in [3.8, 4) is 0 Å². The van der Waals surface area contributed by atoms with Crippen LogP contribution in [0.2, 0.25) is 0 Å². The molecule has 1 fully saturated rings. The van der Waals surface area contributed by atoms with Gasteiger partial charge in [0.2, 0.25) is 10.0 Å². The first-order chi connectivity index (χ1) is 13.7. The standard InChI is InChI=1S/C19H22F3N3O2S2/c20-19(21,22)8-13-28-18-7-6-17(14-23-18)29(26,27)25-11-9-24(10-12-25)15-16-4-2-1-3-5-16/h1-7,14H,8-13,15H2. The quantitative estimate of drug-likeness (QED) is 0.610. The van der Waals surface area contributed by atoms with E-state index in [4.69, 9.17) is 0 Å². The zero-order valence-corrected chi connectivity index (χ0v) is 17.3. The fraction of sp³-hybridized carbons (Fsp3) is 0.421. The van der Waals surface area contributed by atoms with Crippen LogP contribution in [0.15, 0.2) is 58.6 Å². The van der Waals surface area contributed by atoms with Crippen molar-refractivity contribution in [2.24, 2.45) is 0 Å². The minimum absolute atomic E-state index is 0.0641. The molecule has 1 aromatic carbocycles. The van der Waals surface area contributed by atoms with Crippen molar-refractivity contribution < 1.29 is 21.6 Å². The Hall–Kier alpha value is -1.62. The normalized spacial score (nSPS) is 16.8. The van der Waals surface area contributed by atoms with Crippen LogP contribution in [0.3, 0.4) is 0 Å². The molecule has 29 heavy (non-hydrogen) atoms. The van der Waals surface area contributed by atoms with E-state index in [0.717, 1.165) is 18.3 Å². The topological polar surface area (TPSA) is 53.5 Å². The summed E-state index contributed by atoms with van der Waals surface area (Å²) in [6.07, 6.45) is -3.90. The second kappa shape index (κ2) is 9.46. The summed E-state index contributed by atoms with van der Waals surface area (Å²) >= 11 is 0.957. The monoisotopic (exact) mass is 445 g/mol. The number of nitrogens with zero attached hydrogens (tertiary/aromatic N) is 3. The molecule has 0 saturated carbocycles. The van der Waals surface area contributed by atoms with Gasteiger partial charge in [-0.3, -0.25) is 4.90 Å². The molecule has 10 heteroatoms. The predicted molar refractivity (Wildman–Crippen MR) is 106 cm³/mol. The van der Waals surface area contributed by atoms with Gasteiger partial charge in [0.15, 0.2) is 0 Å². The van der Waals surface area contributed by atoms with E-state index in [9.17, 15) is 21.6 Å². The molecule has 3 rings (SSSR count). The van der Waals surface area contributed by atoms with Crippen molar-refractivity contribution in [2.45, 2.75) is 29.1 Å². The van der Waals surface area contributed by atoms with Crippen molar-refractivity contribution in [1.29, 1.82) is 0 Å². The molecule has 0 radical (unpaired) electrons. The molecule has 0 aliphatic carbocycles. The molecule has 0 atom stereocenters. The summed E-state index contributed by atoms with van der Waals surface area (Å²) in [5, 5.41) is 0.376. The van der Waals surface area contributed by atoms with Crippen molar-refractivity contribution in [1.82, 2.24) is 14.2 Å². The Morgan fingerprint density at radius 2 is 1.69 bits per heavy atom. The van der Waals surface area contributed by atoms with Crippen molar-refractivity contribution >= 4 is 21.8 Å². The highest BCUT2D eigenvalue weighted by Crippen LogP contribution is 2.26. The predicted octanol–water partition coefficient (Wildman–Crippen LogP) is 3.63. The summed E-state index contributed by atoms with van der Waals surface area (Å²) in [6, 6.07) is 12.9. The van der Waals surface area contributed by atoms with E-state index in [0.29, 0.717) is 31.2 Å². The lowest BCUT2D eigenvalue weighted by atomic mass is 10.2. The van der Waals surface area contributed by atoms with Gasteiger partial charge in [0, 0.05) is 44.7 Å². The fourth-order valence-corrected chi connectivity index (χ4v) is 5.20. The van der Waals surface area contributed by atoms with Gasteiger partial charge >= 0.3 is 6.18 Å². The molecule has 2 aromatic rings. The number of alkyl halides is 3. The van der Waals surface area contributed by atoms with Gasteiger partial charge in [-0.25, -0.2) is 13.4 Å². The van der Waals surface area contributed by atoms with E-state index in [-0.39, 0.29) is 10.6 Å². The minimum Gasteiger partial charge on any atom is -0.296 e. The number of thioether (sulfide) groups is 1. The van der Waals surface area contributed by atoms with Gasteiger partial charge in [0.25, 0.3) is 0 Å². The van der Waals surface area contributed by atoms with Gasteiger partial charge in [0.05, 0.1) is 11.4 Å². The van der Waals surface area contributed by atoms with Crippen LogP contribution in [0, 0.1) is 0 Å². The molecule has 1 saturated heterocycles. The van der Waals surface area contributed by atoms with E-state index in [1.54, 1.807) is 0 Å². The molecule has 0 unspecified atom stereocenters. The summed E-state index contributed by atoms with van der Waals surface area (Å²) in [5.41, 5.74) is 1.19. The van der Waals surface area contributed by atoms with Crippen molar-refractivity contribution in [3.05, 3.63) is 54.2 Å². The Morgan fingerprint density at radius 1 is 1.00 bits per heavy atom. The molecule has 1 aromatic heterocycles. The summed E-state index contributed by atoms with van der Waals surface area (Å²) in [7, 11) is -3.66. The minimum atomic E-state index is -4.21. The van der Waals surface area contributed by atoms with Crippen molar-refractivity contribution in [2.75, 3.05) is 31.9 Å². The van der Waals surface area contributed by atoms with Crippen LogP contribution in [0.1, 0.15) is 12.0 Å². The molecule has 1 aliphatic rings. The number of pyridine rings is 1. The SMILES string of the molecule is O=S(=O)(c1ccc(SCCC(F)(F)F)nc1)N1CCN(Cc2ccccc2)CC1. The molecule has 0 spiro atoms. The number of sulfonamides is 1. The lowest BCUT2D eigenvalue weighted by Gasteiger charge is -2.33. The molecule has 1 aliphatic heterocycles. The van der Waals surface area contributed by atoms with E-state index < -0.39 is 22.6 Å². The number of hydrogen-bond acceptors (Lipinski definition) is 5. The second-order valence-corrected chi connectivity index (χ2v) is 9.76. The number of halogens is 3. The molecule has 0 amide bonds. The molecule has 158 valence electrons. The summed E-state index contributed by atoms with van der Waals surface area (Å²) in [4.78, 5) is 6.28. The van der Waals surface area contributed by atoms with Crippen LogP contribution >= 0.6 is 11.8 Å². The van der Waals surface area contributed by atoms with Crippen molar-refractivity contribution in [3.63, 3.8) is 0 Å². The first-order valence-electron chi connectivity index (χ1n) is 9.16. The number of aromatic nitrogens is 1. The van der Waals surface area contributed by atoms with Gasteiger partial charge in [-0.2, -0.15) is 17.5 Å². The highest BCUT2D eigenvalue weighted by Gasteiger charge is 2.29. The average Bonchev–Trinajstić information content (AvgIpc) is 2.69. The molecular formula is C19H22F3N3O2S2. The third-order valence-corrected chi connectivity index (χ3v) is 7.39. The molecule has 2 heterocycles. The number of hydrogen-bond donors (Lipinski definition) is 0. The number of rotatable bonds is 7. The molecular weight excluding hydrogens is 423 g/mol. The van der Waals surface area contributed by atoms with Crippen LogP contribution in [-0.2, 0) is 16.6 Å². The van der Waals surface area contributed by atoms with Crippen LogP contribution in [0.25, 0.3) is 0 Å². The van der Waals surface area contributed by atoms with Gasteiger partial charge < -0.3 is 0 Å². The summed E-state index contributed by atoms with van der Waals surface area (Å²) in [6.45, 7) is 2.81. The van der Waals surface area contributed by atoms with E-state index >= 15 is 0 Å². The smallest absolute Gasteiger partial charge is 0.296 e. The number of piperazine rings is 1. The lowest BCUT2D eigenvalue weighted by molar-refractivity contribution is -0.129. The van der Waals surface area contributed by atoms with E-state index in [1.807, 2.05) is 30.3 Å². The Bertz CT molecular complexity index is 883. The lowest BCUT2D eigenvalue weighted by Crippen LogP contribution is -2.48. The zero-order chi connectivity index (χ0) is 20.9. The summed E-state index contributed by atoms with van der Waals surface area (Å²) in [5.74, 6) is -0.147. The van der Waals surface area contributed by atoms with E-state index in [2.05, 4.69) is 9.88 Å². The van der Waals surface area contributed by atoms with Gasteiger partial charge in [-0.05, 0) is 17.7 Å². The van der Waals surface area contributed by atoms with Crippen LogP contribution in [-0.4, -0.2) is 60.7 Å². The first kappa shape index (κ1) is 22.1. The fourth-order valence-electron chi connectivity index (χ4n) is 2.99. The Labute approximate surface area is 173 Å². The summed E-state index contributed by atoms with van der Waals surface area (Å²) < 4.78 is 63.7. The Kier molecular flexibility index (Phi) is 7.20. The van der Waals surface area contributed by atoms with Crippen LogP contribution in [0.5, 0.6) is 0 Å². The highest BCUT2D eigenvalue weighted by molar-refractivity contribution is 7.99. The third kappa shape index (κ3) is 6.43. The highest BCUT2D eigenvalue weighted by atomic mass is 32.2. The van der Waals surface area contributed by atoms with Crippen LogP contribution < -0.4 is 0 Å². The molecule has 0 N–H and O–H groups in total. The van der Waals surface area contributed by atoms with Gasteiger partial charge in [-0.15, -0.1) is 11.8 Å². The maximum atomic E-state index is 12.8. The Morgan fingerprint density at radius 3 is 2.28 bits per heavy atom. The van der Waals surface area contributed by atoms with Gasteiger partial charge in [-0.1, -0.05) is 30.3 Å². The molecule has 5 nitrogen and oxygen atoms in total. The first-order valence-corrected chi connectivity index (χ1v) is 11.6. The maximum Gasteiger partial charge on any atom is 0.389 e.